The monoisotopic (exact) mass is 626 g/mol. The fourth-order valence-corrected chi connectivity index (χ4v) is 9.12. The van der Waals surface area contributed by atoms with E-state index >= 15 is 0 Å². The molecule has 2 aromatic carbocycles. The Morgan fingerprint density at radius 1 is 0.717 bits per heavy atom. The van der Waals surface area contributed by atoms with Crippen molar-refractivity contribution in [3.05, 3.63) is 53.6 Å². The summed E-state index contributed by atoms with van der Waals surface area (Å²) in [5.74, 6) is -1.88. The number of imide groups is 2. The van der Waals surface area contributed by atoms with Gasteiger partial charge in [0.25, 0.3) is 11.8 Å². The molecule has 5 aliphatic rings. The largest absolute Gasteiger partial charge is 0.381 e. The first-order valence-electron chi connectivity index (χ1n) is 16.9. The lowest BCUT2D eigenvalue weighted by Crippen LogP contribution is -2.59. The first kappa shape index (κ1) is 30.7. The van der Waals surface area contributed by atoms with Gasteiger partial charge in [0.15, 0.2) is 0 Å². The van der Waals surface area contributed by atoms with E-state index in [9.17, 15) is 19.2 Å². The van der Waals surface area contributed by atoms with Gasteiger partial charge in [-0.15, -0.1) is 0 Å². The summed E-state index contributed by atoms with van der Waals surface area (Å²) >= 11 is 0. The van der Waals surface area contributed by atoms with Crippen LogP contribution in [0.1, 0.15) is 80.5 Å². The SMILES string of the molecule is CC1(C)CC(C)(C)C1Nc1ccc(N2CCN(C3CCN(c4ccc5c(c4)C(=O)N(C4CCC(=O)NC4=O)C5=O)CC3)CC2)cc1. The maximum atomic E-state index is 13.3. The van der Waals surface area contributed by atoms with Crippen LogP contribution in [0.3, 0.4) is 0 Å². The van der Waals surface area contributed by atoms with Gasteiger partial charge in [-0.3, -0.25) is 34.3 Å². The van der Waals surface area contributed by atoms with Gasteiger partial charge >= 0.3 is 0 Å². The molecule has 0 aromatic heterocycles. The fourth-order valence-electron chi connectivity index (χ4n) is 9.12. The number of carbonyl (C=O) groups excluding carboxylic acids is 4. The van der Waals surface area contributed by atoms with E-state index in [0.717, 1.165) is 62.7 Å². The third-order valence-electron chi connectivity index (χ3n) is 11.1. The first-order valence-corrected chi connectivity index (χ1v) is 16.9. The molecule has 0 spiro atoms. The third-order valence-corrected chi connectivity index (χ3v) is 11.1. The van der Waals surface area contributed by atoms with Crippen LogP contribution in [0, 0.1) is 10.8 Å². The highest BCUT2D eigenvalue weighted by atomic mass is 16.2. The van der Waals surface area contributed by atoms with Crippen LogP contribution in [0.15, 0.2) is 42.5 Å². The molecule has 4 fully saturated rings. The van der Waals surface area contributed by atoms with Gasteiger partial charge in [-0.2, -0.15) is 0 Å². The maximum absolute atomic E-state index is 13.3. The minimum Gasteiger partial charge on any atom is -0.381 e. The Morgan fingerprint density at radius 3 is 1.96 bits per heavy atom. The molecule has 10 nitrogen and oxygen atoms in total. The zero-order valence-electron chi connectivity index (χ0n) is 27.5. The van der Waals surface area contributed by atoms with Crippen LogP contribution in [-0.4, -0.2) is 90.8 Å². The van der Waals surface area contributed by atoms with Crippen LogP contribution in [-0.2, 0) is 9.59 Å². The second kappa shape index (κ2) is 11.4. The second-order valence-corrected chi connectivity index (χ2v) is 15.2. The average molecular weight is 627 g/mol. The maximum Gasteiger partial charge on any atom is 0.262 e. The number of anilines is 3. The molecule has 4 heterocycles. The van der Waals surface area contributed by atoms with Crippen molar-refractivity contribution in [3.8, 4) is 0 Å². The molecular weight excluding hydrogens is 580 g/mol. The van der Waals surface area contributed by atoms with Crippen molar-refractivity contribution in [2.24, 2.45) is 10.8 Å². The number of rotatable bonds is 6. The lowest BCUT2D eigenvalue weighted by Gasteiger charge is -2.58. The summed E-state index contributed by atoms with van der Waals surface area (Å²) in [5, 5.41) is 6.05. The number of amides is 4. The molecule has 7 rings (SSSR count). The highest BCUT2D eigenvalue weighted by Gasteiger charge is 2.52. The van der Waals surface area contributed by atoms with Crippen LogP contribution in [0.2, 0.25) is 0 Å². The fraction of sp³-hybridized carbons (Fsp3) is 0.556. The quantitative estimate of drug-likeness (QED) is 0.462. The standard InChI is InChI=1S/C36H46N6O4/c1-35(2)22-36(3,4)34(35)37-23-5-7-24(8-6-23)40-17-19-41(20-18-40)25-13-15-39(16-14-25)26-9-10-27-28(21-26)33(46)42(32(27)45)29-11-12-30(43)38-31(29)44/h5-10,21,25,29,34,37H,11-20,22H2,1-4H3,(H,38,43,44). The summed E-state index contributed by atoms with van der Waals surface area (Å²) in [5.41, 5.74) is 4.70. The van der Waals surface area contributed by atoms with Crippen molar-refractivity contribution in [2.75, 3.05) is 54.4 Å². The Morgan fingerprint density at radius 2 is 1.33 bits per heavy atom. The smallest absolute Gasteiger partial charge is 0.262 e. The molecule has 1 unspecified atom stereocenters. The van der Waals surface area contributed by atoms with Crippen LogP contribution in [0.4, 0.5) is 17.1 Å². The predicted molar refractivity (Wildman–Crippen MR) is 178 cm³/mol. The molecule has 244 valence electrons. The number of piperazine rings is 1. The van der Waals surface area contributed by atoms with Crippen molar-refractivity contribution in [1.82, 2.24) is 15.1 Å². The lowest BCUT2D eigenvalue weighted by atomic mass is 9.52. The topological polar surface area (TPSA) is 105 Å². The van der Waals surface area contributed by atoms with Gasteiger partial charge in [0.05, 0.1) is 11.1 Å². The van der Waals surface area contributed by atoms with Crippen LogP contribution in [0.5, 0.6) is 0 Å². The molecular formula is C36H46N6O4. The van der Waals surface area contributed by atoms with E-state index < -0.39 is 23.8 Å². The highest BCUT2D eigenvalue weighted by molar-refractivity contribution is 6.23. The first-order chi connectivity index (χ1) is 21.9. The minimum absolute atomic E-state index is 0.113. The van der Waals surface area contributed by atoms with Crippen molar-refractivity contribution in [2.45, 2.75) is 77.9 Å². The van der Waals surface area contributed by atoms with Crippen LogP contribution < -0.4 is 20.4 Å². The normalized spacial score (nSPS) is 25.4. The van der Waals surface area contributed by atoms with Crippen molar-refractivity contribution >= 4 is 40.7 Å². The number of hydrogen-bond acceptors (Lipinski definition) is 8. The summed E-state index contributed by atoms with van der Waals surface area (Å²) < 4.78 is 0. The second-order valence-electron chi connectivity index (χ2n) is 15.2. The summed E-state index contributed by atoms with van der Waals surface area (Å²) in [7, 11) is 0. The lowest BCUT2D eigenvalue weighted by molar-refractivity contribution is -0.136. The minimum atomic E-state index is -0.946. The zero-order valence-corrected chi connectivity index (χ0v) is 27.5. The molecule has 0 bridgehead atoms. The van der Waals surface area contributed by atoms with E-state index in [-0.39, 0.29) is 18.7 Å². The Hall–Kier alpha value is -3.92. The van der Waals surface area contributed by atoms with Gasteiger partial charge in [-0.25, -0.2) is 0 Å². The van der Waals surface area contributed by atoms with E-state index in [4.69, 9.17) is 0 Å². The Balaban J connectivity index is 0.910. The number of benzene rings is 2. The van der Waals surface area contributed by atoms with Gasteiger partial charge in [0.2, 0.25) is 11.8 Å². The number of piperidine rings is 2. The summed E-state index contributed by atoms with van der Waals surface area (Å²) in [6.45, 7) is 15.3. The molecule has 10 heteroatoms. The molecule has 2 N–H and O–H groups in total. The third kappa shape index (κ3) is 5.44. The molecule has 1 saturated carbocycles. The Bertz CT molecular complexity index is 1540. The average Bonchev–Trinajstić information content (AvgIpc) is 3.28. The summed E-state index contributed by atoms with van der Waals surface area (Å²) in [6.07, 6.45) is 3.60. The molecule has 0 radical (unpaired) electrons. The van der Waals surface area contributed by atoms with Gasteiger partial charge in [0.1, 0.15) is 6.04 Å². The number of fused-ring (bicyclic) bond motifs is 1. The molecule has 2 aromatic rings. The summed E-state index contributed by atoms with van der Waals surface area (Å²) in [6, 6.07) is 14.5. The van der Waals surface area contributed by atoms with Gasteiger partial charge in [-0.05, 0) is 79.0 Å². The van der Waals surface area contributed by atoms with Crippen LogP contribution in [0.25, 0.3) is 0 Å². The number of nitrogens with zero attached hydrogens (tertiary/aromatic N) is 4. The van der Waals surface area contributed by atoms with E-state index in [1.54, 1.807) is 12.1 Å². The molecule has 1 atom stereocenters. The highest BCUT2D eigenvalue weighted by Crippen LogP contribution is 2.54. The van der Waals surface area contributed by atoms with Gasteiger partial charge in [0, 0.05) is 74.8 Å². The molecule has 3 saturated heterocycles. The van der Waals surface area contributed by atoms with Crippen molar-refractivity contribution in [1.29, 1.82) is 0 Å². The Labute approximate surface area is 271 Å². The molecule has 1 aliphatic carbocycles. The Kier molecular flexibility index (Phi) is 7.61. The number of nitrogens with one attached hydrogen (secondary N) is 2. The van der Waals surface area contributed by atoms with Gasteiger partial charge < -0.3 is 15.1 Å². The summed E-state index contributed by atoms with van der Waals surface area (Å²) in [4.78, 5) is 58.8. The zero-order chi connectivity index (χ0) is 32.4. The predicted octanol–water partition coefficient (Wildman–Crippen LogP) is 4.12. The number of hydrogen-bond donors (Lipinski definition) is 2. The van der Waals surface area contributed by atoms with Crippen molar-refractivity contribution in [3.63, 3.8) is 0 Å². The molecule has 46 heavy (non-hydrogen) atoms. The van der Waals surface area contributed by atoms with E-state index in [1.165, 1.54) is 17.8 Å². The molecule has 4 amide bonds. The molecule has 4 aliphatic heterocycles. The van der Waals surface area contributed by atoms with Gasteiger partial charge in [-0.1, -0.05) is 27.7 Å². The number of carbonyl (C=O) groups is 4. The van der Waals surface area contributed by atoms with E-state index in [2.05, 4.69) is 77.3 Å². The van der Waals surface area contributed by atoms with E-state index in [1.807, 2.05) is 6.07 Å². The van der Waals surface area contributed by atoms with E-state index in [0.29, 0.717) is 34.0 Å². The van der Waals surface area contributed by atoms with Crippen molar-refractivity contribution < 1.29 is 19.2 Å². The van der Waals surface area contributed by atoms with Crippen LogP contribution >= 0.6 is 0 Å².